The number of fused-ring (bicyclic) bond motifs is 2. The number of aliphatic imine (C=N–C) groups is 2. The van der Waals surface area contributed by atoms with Gasteiger partial charge in [-0.2, -0.15) is 0 Å². The Hall–Kier alpha value is -2.99. The van der Waals surface area contributed by atoms with Gasteiger partial charge in [-0.05, 0) is 32.7 Å². The van der Waals surface area contributed by atoms with Crippen LogP contribution in [-0.4, -0.2) is 66.8 Å². The predicted octanol–water partition coefficient (Wildman–Crippen LogP) is -7.78. The third-order valence-electron chi connectivity index (χ3n) is 6.23. The van der Waals surface area contributed by atoms with Gasteiger partial charge in [0.15, 0.2) is 0 Å². The summed E-state index contributed by atoms with van der Waals surface area (Å²) in [6.45, 7) is 3.73. The van der Waals surface area contributed by atoms with Crippen molar-refractivity contribution in [3.05, 3.63) is 83.9 Å². The molecule has 0 spiro atoms. The monoisotopic (exact) mass is 768 g/mol. The second kappa shape index (κ2) is 23.4. The van der Waals surface area contributed by atoms with Crippen LogP contribution in [0, 0.1) is 20.5 Å². The van der Waals surface area contributed by atoms with E-state index in [0.717, 1.165) is 60.6 Å². The van der Waals surface area contributed by atoms with Crippen molar-refractivity contribution in [3.8, 4) is 11.5 Å². The molecular weight excluding hydrogens is 730 g/mol. The van der Waals surface area contributed by atoms with Gasteiger partial charge >= 0.3 is 16.5 Å². The van der Waals surface area contributed by atoms with E-state index in [1.54, 1.807) is 24.6 Å². The molecule has 2 N–H and O–H groups in total. The number of nitrogens with zero attached hydrogens (tertiary/aromatic N) is 2. The predicted molar refractivity (Wildman–Crippen MR) is 156 cm³/mol. The summed E-state index contributed by atoms with van der Waals surface area (Å²) in [5.74, 6) is 0.0846. The van der Waals surface area contributed by atoms with Crippen LogP contribution in [0.4, 0.5) is 0 Å². The van der Waals surface area contributed by atoms with Gasteiger partial charge in [-0.25, -0.2) is 37.3 Å². The molecule has 0 aliphatic carbocycles. The van der Waals surface area contributed by atoms with E-state index in [4.69, 9.17) is 37.3 Å². The number of halogens is 2. The molecule has 4 aromatic rings. The molecule has 272 valence electrons. The van der Waals surface area contributed by atoms with Gasteiger partial charge in [0.25, 0.3) is 0 Å². The molecule has 0 fully saturated rings. The van der Waals surface area contributed by atoms with Gasteiger partial charge in [-0.15, -0.1) is 20.5 Å². The van der Waals surface area contributed by atoms with E-state index >= 15 is 0 Å². The Bertz CT molecular complexity index is 1450. The van der Waals surface area contributed by atoms with Crippen LogP contribution in [0.2, 0.25) is 0 Å². The second-order valence-electron chi connectivity index (χ2n) is 10.8. The van der Waals surface area contributed by atoms with Gasteiger partial charge in [0.2, 0.25) is 0 Å². The van der Waals surface area contributed by atoms with Crippen LogP contribution in [0.15, 0.2) is 82.8 Å². The maximum absolute atomic E-state index is 11.9. The Morgan fingerprint density at radius 1 is 0.531 bits per heavy atom. The minimum absolute atomic E-state index is 0. The quantitative estimate of drug-likeness (QED) is 0.0874. The van der Waals surface area contributed by atoms with Crippen LogP contribution >= 0.6 is 0 Å². The summed E-state index contributed by atoms with van der Waals surface area (Å²) in [7, 11) is -1.37. The molecule has 17 heteroatoms. The van der Waals surface area contributed by atoms with Gasteiger partial charge in [-0.3, -0.25) is 9.98 Å². The molecule has 0 aliphatic heterocycles. The van der Waals surface area contributed by atoms with Crippen molar-refractivity contribution >= 4 is 34.0 Å². The van der Waals surface area contributed by atoms with Crippen molar-refractivity contribution in [3.63, 3.8) is 0 Å². The first-order chi connectivity index (χ1) is 22.4. The summed E-state index contributed by atoms with van der Waals surface area (Å²) in [5, 5.41) is 28.0. The number of nitrogens with one attached hydrogen (secondary N) is 2. The zero-order chi connectivity index (χ0) is 36.3. The van der Waals surface area contributed by atoms with Crippen LogP contribution in [0.1, 0.15) is 24.0 Å². The van der Waals surface area contributed by atoms with E-state index in [1.807, 2.05) is 60.7 Å². The standard InChI is InChI=1S/2C16H20N2O.2ClHO4.Ni/c2*1-18(2)11-5-10-17-12-15-14-7-4-3-6-13(14)8-9-16(15)19;2*2-1(3,4)5;/h2*3-4,6-9,12,19H,5,10-11H2,1-2H3;2*(H,2,3,4,5);/q;;;;+2/p-2. The number of hydrogen-bond donors (Lipinski definition) is 2. The Morgan fingerprint density at radius 2 is 0.837 bits per heavy atom. The Labute approximate surface area is 299 Å². The molecule has 0 aromatic heterocycles. The maximum Gasteiger partial charge on any atom is 2.00 e. The van der Waals surface area contributed by atoms with Crippen LogP contribution in [0.5, 0.6) is 11.5 Å². The molecule has 49 heavy (non-hydrogen) atoms. The van der Waals surface area contributed by atoms with Crippen molar-refractivity contribution in [2.24, 2.45) is 9.98 Å². The van der Waals surface area contributed by atoms with Crippen LogP contribution in [0.25, 0.3) is 21.5 Å². The molecule has 0 atom stereocenters. The van der Waals surface area contributed by atoms with E-state index in [2.05, 4.69) is 38.2 Å². The molecule has 0 radical (unpaired) electrons. The summed E-state index contributed by atoms with van der Waals surface area (Å²) < 4.78 is 67.9. The van der Waals surface area contributed by atoms with E-state index in [9.17, 15) is 10.2 Å². The van der Waals surface area contributed by atoms with Crippen LogP contribution < -0.4 is 57.3 Å². The fraction of sp³-hybridized carbons (Fsp3) is 0.312. The van der Waals surface area contributed by atoms with Gasteiger partial charge in [0.05, 0.1) is 41.3 Å². The van der Waals surface area contributed by atoms with E-state index in [0.29, 0.717) is 11.1 Å². The second-order valence-corrected chi connectivity index (χ2v) is 12.4. The number of rotatable bonds is 10. The Balaban J connectivity index is 0.000000727. The smallest absolute Gasteiger partial charge is 0.872 e. The van der Waals surface area contributed by atoms with Crippen molar-refractivity contribution < 1.29 is 94.3 Å². The molecule has 4 aromatic carbocycles. The summed E-state index contributed by atoms with van der Waals surface area (Å²) in [5.41, 5.74) is 1.41. The van der Waals surface area contributed by atoms with Gasteiger partial charge < -0.3 is 20.0 Å². The molecule has 0 unspecified atom stereocenters. The third kappa shape index (κ3) is 22.4. The van der Waals surface area contributed by atoms with E-state index in [1.165, 1.54) is 9.80 Å². The summed E-state index contributed by atoms with van der Waals surface area (Å²) in [6, 6.07) is 22.8. The average Bonchev–Trinajstić information content (AvgIpc) is 2.97. The summed E-state index contributed by atoms with van der Waals surface area (Å²) in [6.07, 6.45) is 5.54. The van der Waals surface area contributed by atoms with Crippen molar-refractivity contribution in [1.29, 1.82) is 0 Å². The minimum atomic E-state index is -4.94. The van der Waals surface area contributed by atoms with Gasteiger partial charge in [0.1, 0.15) is 0 Å². The molecular formula is C32H40Cl2N4NiO10. The van der Waals surface area contributed by atoms with Crippen molar-refractivity contribution in [2.45, 2.75) is 12.8 Å². The molecule has 0 heterocycles. The summed E-state index contributed by atoms with van der Waals surface area (Å²) in [4.78, 5) is 11.6. The Morgan fingerprint density at radius 3 is 1.14 bits per heavy atom. The molecule has 14 nitrogen and oxygen atoms in total. The molecule has 0 saturated heterocycles. The fourth-order valence-corrected chi connectivity index (χ4v) is 4.18. The number of benzene rings is 4. The topological polar surface area (TPSA) is 264 Å². The molecule has 0 amide bonds. The molecule has 0 bridgehead atoms. The summed E-state index contributed by atoms with van der Waals surface area (Å²) >= 11 is 0. The van der Waals surface area contributed by atoms with Crippen molar-refractivity contribution in [1.82, 2.24) is 0 Å². The van der Waals surface area contributed by atoms with Crippen LogP contribution in [-0.2, 0) is 16.5 Å². The molecule has 0 saturated carbocycles. The molecule has 0 aliphatic rings. The SMILES string of the molecule is C[NH+](C)CCCN=Cc1c([O-])ccc2ccccc12.C[NH+](C)CCCN=Cc1c([O-])ccc2ccccc12.[Ni+2].[O-][Cl+3]([O-])([O-])[O-].[O-][Cl+3]([O-])([O-])[O-]. The van der Waals surface area contributed by atoms with Crippen LogP contribution in [0.3, 0.4) is 0 Å². The largest absolute Gasteiger partial charge is 2.00 e. The van der Waals surface area contributed by atoms with Crippen molar-refractivity contribution in [2.75, 3.05) is 54.4 Å². The first-order valence-electron chi connectivity index (χ1n) is 14.6. The van der Waals surface area contributed by atoms with E-state index in [-0.39, 0.29) is 28.0 Å². The normalized spacial score (nSPS) is 11.6. The average molecular weight is 770 g/mol. The fourth-order valence-electron chi connectivity index (χ4n) is 4.18. The first-order valence-corrected chi connectivity index (χ1v) is 17.0. The zero-order valence-electron chi connectivity index (χ0n) is 27.4. The number of quaternary nitrogens is 2. The Kier molecular flexibility index (Phi) is 22.0. The van der Waals surface area contributed by atoms with E-state index < -0.39 is 20.5 Å². The number of hydrogen-bond acceptors (Lipinski definition) is 12. The molecule has 4 rings (SSSR count). The minimum Gasteiger partial charge on any atom is -0.872 e. The maximum atomic E-state index is 11.9. The first kappa shape index (κ1) is 46.0. The van der Waals surface area contributed by atoms with Gasteiger partial charge in [-0.1, -0.05) is 84.3 Å². The zero-order valence-corrected chi connectivity index (χ0v) is 29.9. The van der Waals surface area contributed by atoms with Gasteiger partial charge in [0, 0.05) is 38.4 Å². The third-order valence-corrected chi connectivity index (χ3v) is 6.23.